The predicted molar refractivity (Wildman–Crippen MR) is 74.4 cm³/mol. The first-order valence-corrected chi connectivity index (χ1v) is 6.51. The lowest BCUT2D eigenvalue weighted by Gasteiger charge is -2.07. The fraction of sp³-hybridized carbons (Fsp3) is 0. The highest BCUT2D eigenvalue weighted by molar-refractivity contribution is 9.10. The maximum atomic E-state index is 13.9. The molecule has 0 saturated carbocycles. The molecule has 2 heterocycles. The van der Waals surface area contributed by atoms with Gasteiger partial charge in [0.1, 0.15) is 11.5 Å². The minimum Gasteiger partial charge on any atom is -0.383 e. The van der Waals surface area contributed by atoms with Crippen molar-refractivity contribution in [2.45, 2.75) is 0 Å². The van der Waals surface area contributed by atoms with Crippen LogP contribution < -0.4 is 5.73 Å². The summed E-state index contributed by atoms with van der Waals surface area (Å²) in [5, 5.41) is 11.0. The van der Waals surface area contributed by atoms with Gasteiger partial charge in [-0.05, 0) is 44.6 Å². The van der Waals surface area contributed by atoms with Crippen molar-refractivity contribution in [3.63, 3.8) is 0 Å². The van der Waals surface area contributed by atoms with Crippen LogP contribution in [0.15, 0.2) is 34.9 Å². The van der Waals surface area contributed by atoms with Gasteiger partial charge < -0.3 is 5.73 Å². The smallest absolute Gasteiger partial charge is 0.190 e. The van der Waals surface area contributed by atoms with Gasteiger partial charge in [-0.1, -0.05) is 6.07 Å². The summed E-state index contributed by atoms with van der Waals surface area (Å²) in [6, 6.07) is 5.38. The van der Waals surface area contributed by atoms with Gasteiger partial charge in [-0.3, -0.25) is 0 Å². The summed E-state index contributed by atoms with van der Waals surface area (Å²) in [6.45, 7) is 0. The minimum absolute atomic E-state index is 0.116. The van der Waals surface area contributed by atoms with Crippen molar-refractivity contribution in [1.29, 1.82) is 0 Å². The molecule has 2 N–H and O–H groups in total. The molecule has 106 valence electrons. The summed E-state index contributed by atoms with van der Waals surface area (Å²) in [7, 11) is 0. The normalized spacial score (nSPS) is 10.8. The first kappa shape index (κ1) is 13.6. The van der Waals surface area contributed by atoms with Gasteiger partial charge in [0.2, 0.25) is 0 Å². The standard InChI is InChI=1S/C12H7BrF2N6/c13-6-4-7(11(16)17-5-6)12-18-19-20-21(12)9-3-1-2-8(14)10(9)15/h1-5H,(H2,16,17). The highest BCUT2D eigenvalue weighted by Crippen LogP contribution is 2.27. The SMILES string of the molecule is Nc1ncc(Br)cc1-c1nnnn1-c1cccc(F)c1F. The van der Waals surface area contributed by atoms with Crippen molar-refractivity contribution >= 4 is 21.7 Å². The molecule has 0 amide bonds. The van der Waals surface area contributed by atoms with Crippen LogP contribution in [-0.4, -0.2) is 25.2 Å². The summed E-state index contributed by atoms with van der Waals surface area (Å²) in [6.07, 6.45) is 1.51. The Kier molecular flexibility index (Phi) is 3.34. The second-order valence-electron chi connectivity index (χ2n) is 4.07. The van der Waals surface area contributed by atoms with E-state index in [1.165, 1.54) is 18.3 Å². The molecule has 0 aliphatic carbocycles. The van der Waals surface area contributed by atoms with Crippen LogP contribution >= 0.6 is 15.9 Å². The predicted octanol–water partition coefficient (Wildman–Crippen LogP) is 2.35. The van der Waals surface area contributed by atoms with Crippen LogP contribution in [0.5, 0.6) is 0 Å². The van der Waals surface area contributed by atoms with Crippen molar-refractivity contribution in [2.24, 2.45) is 0 Å². The second kappa shape index (κ2) is 5.17. The van der Waals surface area contributed by atoms with Crippen LogP contribution in [0.1, 0.15) is 0 Å². The van der Waals surface area contributed by atoms with Gasteiger partial charge in [-0.15, -0.1) is 5.10 Å². The lowest BCUT2D eigenvalue weighted by atomic mass is 10.2. The molecule has 6 nitrogen and oxygen atoms in total. The van der Waals surface area contributed by atoms with Crippen molar-refractivity contribution in [3.05, 3.63) is 46.6 Å². The third-order valence-electron chi connectivity index (χ3n) is 2.75. The Morgan fingerprint density at radius 2 is 2.05 bits per heavy atom. The zero-order chi connectivity index (χ0) is 15.0. The zero-order valence-corrected chi connectivity index (χ0v) is 11.9. The largest absolute Gasteiger partial charge is 0.383 e. The van der Waals surface area contributed by atoms with Crippen LogP contribution in [0.25, 0.3) is 17.1 Å². The summed E-state index contributed by atoms with van der Waals surface area (Å²) < 4.78 is 29.0. The quantitative estimate of drug-likeness (QED) is 0.765. The average Bonchev–Trinajstić information content (AvgIpc) is 2.93. The number of hydrogen-bond acceptors (Lipinski definition) is 5. The van der Waals surface area contributed by atoms with Crippen molar-refractivity contribution < 1.29 is 8.78 Å². The number of rotatable bonds is 2. The van der Waals surface area contributed by atoms with Crippen molar-refractivity contribution in [2.75, 3.05) is 5.73 Å². The van der Waals surface area contributed by atoms with Crippen LogP contribution in [0.4, 0.5) is 14.6 Å². The van der Waals surface area contributed by atoms with Crippen LogP contribution in [-0.2, 0) is 0 Å². The van der Waals surface area contributed by atoms with Crippen molar-refractivity contribution in [3.8, 4) is 17.1 Å². The maximum Gasteiger partial charge on any atom is 0.190 e. The third-order valence-corrected chi connectivity index (χ3v) is 3.19. The molecule has 1 aromatic carbocycles. The van der Waals surface area contributed by atoms with Gasteiger partial charge in [0.25, 0.3) is 0 Å². The molecule has 3 aromatic rings. The Labute approximate surface area is 125 Å². The number of tetrazole rings is 1. The lowest BCUT2D eigenvalue weighted by Crippen LogP contribution is -2.05. The minimum atomic E-state index is -1.05. The Morgan fingerprint density at radius 1 is 1.24 bits per heavy atom. The van der Waals surface area contributed by atoms with Gasteiger partial charge in [-0.2, -0.15) is 4.68 Å². The molecule has 0 aliphatic rings. The van der Waals surface area contributed by atoms with E-state index >= 15 is 0 Å². The van der Waals surface area contributed by atoms with E-state index in [4.69, 9.17) is 5.73 Å². The van der Waals surface area contributed by atoms with E-state index < -0.39 is 11.6 Å². The molecule has 0 atom stereocenters. The number of nitrogen functional groups attached to an aromatic ring is 1. The van der Waals surface area contributed by atoms with E-state index in [0.717, 1.165) is 10.7 Å². The molecule has 21 heavy (non-hydrogen) atoms. The van der Waals surface area contributed by atoms with E-state index in [1.54, 1.807) is 6.07 Å². The number of halogens is 3. The lowest BCUT2D eigenvalue weighted by molar-refractivity contribution is 0.501. The first-order valence-electron chi connectivity index (χ1n) is 5.72. The fourth-order valence-corrected chi connectivity index (χ4v) is 2.13. The molecular formula is C12H7BrF2N6. The van der Waals surface area contributed by atoms with Crippen molar-refractivity contribution in [1.82, 2.24) is 25.2 Å². The molecule has 0 fully saturated rings. The summed E-state index contributed by atoms with van der Waals surface area (Å²) in [5.74, 6) is -1.71. The number of hydrogen-bond donors (Lipinski definition) is 1. The Bertz CT molecular complexity index is 803. The highest BCUT2D eigenvalue weighted by Gasteiger charge is 2.18. The number of pyridine rings is 1. The maximum absolute atomic E-state index is 13.9. The monoisotopic (exact) mass is 352 g/mol. The van der Waals surface area contributed by atoms with Gasteiger partial charge in [-0.25, -0.2) is 13.8 Å². The van der Waals surface area contributed by atoms with E-state index in [2.05, 4.69) is 36.4 Å². The number of benzene rings is 1. The van der Waals surface area contributed by atoms with Crippen LogP contribution in [0, 0.1) is 11.6 Å². The van der Waals surface area contributed by atoms with Gasteiger partial charge >= 0.3 is 0 Å². The Morgan fingerprint density at radius 3 is 2.86 bits per heavy atom. The van der Waals surface area contributed by atoms with Crippen LogP contribution in [0.2, 0.25) is 0 Å². The third kappa shape index (κ3) is 2.35. The van der Waals surface area contributed by atoms with Gasteiger partial charge in [0, 0.05) is 10.7 Å². The number of nitrogens with zero attached hydrogens (tertiary/aromatic N) is 5. The van der Waals surface area contributed by atoms with Gasteiger partial charge in [0.15, 0.2) is 17.5 Å². The summed E-state index contributed by atoms with van der Waals surface area (Å²) >= 11 is 3.26. The first-order chi connectivity index (χ1) is 10.1. The second-order valence-corrected chi connectivity index (χ2v) is 4.99. The van der Waals surface area contributed by atoms with E-state index in [-0.39, 0.29) is 17.3 Å². The molecule has 0 radical (unpaired) electrons. The molecule has 0 bridgehead atoms. The fourth-order valence-electron chi connectivity index (χ4n) is 1.80. The topological polar surface area (TPSA) is 82.5 Å². The van der Waals surface area contributed by atoms with E-state index in [1.807, 2.05) is 0 Å². The molecule has 2 aromatic heterocycles. The van der Waals surface area contributed by atoms with Gasteiger partial charge in [0.05, 0.1) is 5.56 Å². The summed E-state index contributed by atoms with van der Waals surface area (Å²) in [4.78, 5) is 3.96. The average molecular weight is 353 g/mol. The Hall–Kier alpha value is -2.42. The molecular weight excluding hydrogens is 346 g/mol. The zero-order valence-electron chi connectivity index (χ0n) is 10.3. The molecule has 3 rings (SSSR count). The van der Waals surface area contributed by atoms with E-state index in [0.29, 0.717) is 10.0 Å². The number of nitrogens with two attached hydrogens (primary N) is 1. The van der Waals surface area contributed by atoms with Crippen LogP contribution in [0.3, 0.4) is 0 Å². The Balaban J connectivity index is 2.22. The van der Waals surface area contributed by atoms with E-state index in [9.17, 15) is 8.78 Å². The number of aromatic nitrogens is 5. The molecule has 0 aliphatic heterocycles. The summed E-state index contributed by atoms with van der Waals surface area (Å²) in [5.41, 5.74) is 6.07. The molecule has 9 heteroatoms. The molecule has 0 saturated heterocycles. The number of anilines is 1. The molecule has 0 spiro atoms. The highest BCUT2D eigenvalue weighted by atomic mass is 79.9. The molecule has 0 unspecified atom stereocenters.